The standard InChI is InChI=1S/C18H14FN3O3/c19-15-10-13(24-14-8-9-21-17(20)11-14)6-7-16(15)22-18(23)25-12-4-2-1-3-5-12/h1-11H,(H2,20,21)(H,22,23). The van der Waals surface area contributed by atoms with Gasteiger partial charge >= 0.3 is 6.09 Å². The van der Waals surface area contributed by atoms with Crippen LogP contribution < -0.4 is 20.5 Å². The van der Waals surface area contributed by atoms with Gasteiger partial charge in [-0.15, -0.1) is 0 Å². The molecule has 1 aromatic heterocycles. The Labute approximate surface area is 143 Å². The molecular weight excluding hydrogens is 325 g/mol. The minimum atomic E-state index is -0.791. The number of benzene rings is 2. The highest BCUT2D eigenvalue weighted by molar-refractivity contribution is 5.86. The molecule has 3 aromatic rings. The molecule has 7 heteroatoms. The van der Waals surface area contributed by atoms with Gasteiger partial charge in [0.25, 0.3) is 0 Å². The summed E-state index contributed by atoms with van der Waals surface area (Å²) in [4.78, 5) is 15.6. The van der Waals surface area contributed by atoms with Crippen LogP contribution in [-0.4, -0.2) is 11.1 Å². The van der Waals surface area contributed by atoms with E-state index in [1.165, 1.54) is 24.4 Å². The molecule has 0 aliphatic heterocycles. The van der Waals surface area contributed by atoms with Crippen LogP contribution in [0.2, 0.25) is 0 Å². The number of nitrogens with two attached hydrogens (primary N) is 1. The molecule has 0 bridgehead atoms. The van der Waals surface area contributed by atoms with Gasteiger partial charge < -0.3 is 15.2 Å². The number of pyridine rings is 1. The van der Waals surface area contributed by atoms with E-state index in [-0.39, 0.29) is 11.4 Å². The minimum Gasteiger partial charge on any atom is -0.457 e. The average molecular weight is 339 g/mol. The highest BCUT2D eigenvalue weighted by Crippen LogP contribution is 2.26. The summed E-state index contributed by atoms with van der Waals surface area (Å²) in [5.74, 6) is 0.668. The van der Waals surface area contributed by atoms with E-state index in [1.807, 2.05) is 0 Å². The molecule has 6 nitrogen and oxygen atoms in total. The summed E-state index contributed by atoms with van der Waals surface area (Å²) in [7, 11) is 0. The van der Waals surface area contributed by atoms with Gasteiger partial charge in [0.2, 0.25) is 0 Å². The van der Waals surface area contributed by atoms with Crippen LogP contribution in [0.25, 0.3) is 0 Å². The molecule has 0 saturated carbocycles. The number of carbonyl (C=O) groups is 1. The molecule has 0 aliphatic carbocycles. The zero-order valence-electron chi connectivity index (χ0n) is 13.0. The minimum absolute atomic E-state index is 0.0254. The monoisotopic (exact) mass is 339 g/mol. The SMILES string of the molecule is Nc1cc(Oc2ccc(NC(=O)Oc3ccccc3)c(F)c2)ccn1. The predicted octanol–water partition coefficient (Wildman–Crippen LogP) is 4.21. The van der Waals surface area contributed by atoms with E-state index in [2.05, 4.69) is 10.3 Å². The lowest BCUT2D eigenvalue weighted by Crippen LogP contribution is -2.17. The van der Waals surface area contributed by atoms with Crippen molar-refractivity contribution >= 4 is 17.6 Å². The van der Waals surface area contributed by atoms with Crippen LogP contribution in [0.3, 0.4) is 0 Å². The van der Waals surface area contributed by atoms with Crippen molar-refractivity contribution < 1.29 is 18.7 Å². The molecule has 3 N–H and O–H groups in total. The number of aromatic nitrogens is 1. The molecule has 1 amide bonds. The van der Waals surface area contributed by atoms with E-state index in [9.17, 15) is 9.18 Å². The molecule has 25 heavy (non-hydrogen) atoms. The normalized spacial score (nSPS) is 10.1. The van der Waals surface area contributed by atoms with Crippen LogP contribution in [-0.2, 0) is 0 Å². The number of hydrogen-bond donors (Lipinski definition) is 2. The second-order valence-electron chi connectivity index (χ2n) is 4.99. The molecule has 0 spiro atoms. The van der Waals surface area contributed by atoms with E-state index in [0.717, 1.165) is 6.07 Å². The van der Waals surface area contributed by atoms with Gasteiger partial charge in [-0.2, -0.15) is 0 Å². The van der Waals surface area contributed by atoms with Crippen molar-refractivity contribution in [1.29, 1.82) is 0 Å². The molecular formula is C18H14FN3O3. The fourth-order valence-electron chi connectivity index (χ4n) is 2.02. The number of amides is 1. The summed E-state index contributed by atoms with van der Waals surface area (Å²) in [5.41, 5.74) is 5.53. The zero-order valence-corrected chi connectivity index (χ0v) is 13.0. The second kappa shape index (κ2) is 7.31. The molecule has 1 heterocycles. The summed E-state index contributed by atoms with van der Waals surface area (Å²) >= 11 is 0. The first kappa shape index (κ1) is 16.3. The third-order valence-corrected chi connectivity index (χ3v) is 3.12. The summed E-state index contributed by atoms with van der Waals surface area (Å²) in [6.45, 7) is 0. The first-order valence-corrected chi connectivity index (χ1v) is 7.33. The van der Waals surface area contributed by atoms with Crippen molar-refractivity contribution in [3.05, 3.63) is 72.7 Å². The number of halogens is 1. The van der Waals surface area contributed by atoms with Gasteiger partial charge in [-0.05, 0) is 30.3 Å². The highest BCUT2D eigenvalue weighted by atomic mass is 19.1. The maximum atomic E-state index is 14.1. The summed E-state index contributed by atoms with van der Waals surface area (Å²) < 4.78 is 24.7. The van der Waals surface area contributed by atoms with E-state index in [4.69, 9.17) is 15.2 Å². The van der Waals surface area contributed by atoms with Crippen LogP contribution in [0.5, 0.6) is 17.2 Å². The number of ether oxygens (including phenoxy) is 2. The first-order valence-electron chi connectivity index (χ1n) is 7.33. The maximum Gasteiger partial charge on any atom is 0.417 e. The number of rotatable bonds is 4. The largest absolute Gasteiger partial charge is 0.457 e. The zero-order chi connectivity index (χ0) is 17.6. The number of carbonyl (C=O) groups excluding carboxylic acids is 1. The Morgan fingerprint density at radius 2 is 1.76 bits per heavy atom. The second-order valence-corrected chi connectivity index (χ2v) is 4.99. The Morgan fingerprint density at radius 1 is 1.00 bits per heavy atom. The number of hydrogen-bond acceptors (Lipinski definition) is 5. The number of para-hydroxylation sites is 1. The van der Waals surface area contributed by atoms with Crippen LogP contribution in [0.4, 0.5) is 20.7 Å². The Balaban J connectivity index is 1.66. The topological polar surface area (TPSA) is 86.5 Å². The summed E-state index contributed by atoms with van der Waals surface area (Å²) in [6.07, 6.45) is 0.692. The molecule has 126 valence electrons. The molecule has 0 unspecified atom stereocenters. The highest BCUT2D eigenvalue weighted by Gasteiger charge is 2.10. The molecule has 0 atom stereocenters. The fourth-order valence-corrected chi connectivity index (χ4v) is 2.02. The van der Waals surface area contributed by atoms with Crippen molar-refractivity contribution in [3.8, 4) is 17.2 Å². The van der Waals surface area contributed by atoms with Crippen molar-refractivity contribution in [1.82, 2.24) is 4.98 Å². The lowest BCUT2D eigenvalue weighted by Gasteiger charge is -2.10. The summed E-state index contributed by atoms with van der Waals surface area (Å²) in [5, 5.41) is 2.34. The molecule has 0 radical (unpaired) electrons. The summed E-state index contributed by atoms with van der Waals surface area (Å²) in [6, 6.07) is 15.6. The Kier molecular flexibility index (Phi) is 4.75. The van der Waals surface area contributed by atoms with Crippen molar-refractivity contribution in [2.45, 2.75) is 0 Å². The van der Waals surface area contributed by atoms with Crippen molar-refractivity contribution in [2.24, 2.45) is 0 Å². The first-order chi connectivity index (χ1) is 12.1. The van der Waals surface area contributed by atoms with Crippen LogP contribution in [0, 0.1) is 5.82 Å². The Bertz CT molecular complexity index is 888. The van der Waals surface area contributed by atoms with Gasteiger partial charge in [-0.3, -0.25) is 5.32 Å². The maximum absolute atomic E-state index is 14.1. The lowest BCUT2D eigenvalue weighted by atomic mass is 10.3. The van der Waals surface area contributed by atoms with Crippen molar-refractivity contribution in [2.75, 3.05) is 11.1 Å². The molecule has 0 saturated heterocycles. The van der Waals surface area contributed by atoms with Gasteiger partial charge in [-0.1, -0.05) is 18.2 Å². The Hall–Kier alpha value is -3.61. The smallest absolute Gasteiger partial charge is 0.417 e. The van der Waals surface area contributed by atoms with Gasteiger partial charge in [0.15, 0.2) is 5.82 Å². The van der Waals surface area contributed by atoms with Crippen LogP contribution in [0.1, 0.15) is 0 Å². The average Bonchev–Trinajstić information content (AvgIpc) is 2.58. The fraction of sp³-hybridized carbons (Fsp3) is 0. The molecule has 3 rings (SSSR count). The van der Waals surface area contributed by atoms with Gasteiger partial charge in [-0.25, -0.2) is 14.2 Å². The van der Waals surface area contributed by atoms with Gasteiger partial charge in [0.1, 0.15) is 23.1 Å². The van der Waals surface area contributed by atoms with Gasteiger partial charge in [0.05, 0.1) is 5.69 Å². The van der Waals surface area contributed by atoms with Crippen molar-refractivity contribution in [3.63, 3.8) is 0 Å². The third-order valence-electron chi connectivity index (χ3n) is 3.12. The van der Waals surface area contributed by atoms with E-state index in [0.29, 0.717) is 17.3 Å². The lowest BCUT2D eigenvalue weighted by molar-refractivity contribution is 0.215. The van der Waals surface area contributed by atoms with Gasteiger partial charge in [0, 0.05) is 18.3 Å². The Morgan fingerprint density at radius 3 is 2.48 bits per heavy atom. The molecule has 0 aliphatic rings. The van der Waals surface area contributed by atoms with Crippen LogP contribution in [0.15, 0.2) is 66.9 Å². The third kappa shape index (κ3) is 4.44. The van der Waals surface area contributed by atoms with E-state index < -0.39 is 11.9 Å². The quantitative estimate of drug-likeness (QED) is 0.744. The van der Waals surface area contributed by atoms with E-state index in [1.54, 1.807) is 36.4 Å². The molecule has 2 aromatic carbocycles. The number of nitrogen functional groups attached to an aromatic ring is 1. The predicted molar refractivity (Wildman–Crippen MR) is 91.2 cm³/mol. The van der Waals surface area contributed by atoms with Crippen LogP contribution >= 0.6 is 0 Å². The van der Waals surface area contributed by atoms with E-state index >= 15 is 0 Å². The number of nitrogens with zero attached hydrogens (tertiary/aromatic N) is 1. The number of nitrogens with one attached hydrogen (secondary N) is 1. The number of anilines is 2. The molecule has 0 fully saturated rings.